The van der Waals surface area contributed by atoms with Crippen LogP contribution in [0.25, 0.3) is 0 Å². The van der Waals surface area contributed by atoms with Gasteiger partial charge in [-0.05, 0) is 25.7 Å². The Morgan fingerprint density at radius 3 is 0.714 bits per heavy atom. The molecule has 212 valence electrons. The Morgan fingerprint density at radius 2 is 0.514 bits per heavy atom. The van der Waals surface area contributed by atoms with Gasteiger partial charge in [-0.1, -0.05) is 168 Å². The molecule has 0 aliphatic carbocycles. The van der Waals surface area contributed by atoms with Crippen LogP contribution in [0.15, 0.2) is 0 Å². The van der Waals surface area contributed by atoms with Gasteiger partial charge < -0.3 is 5.21 Å². The number of hydrogen-bond acceptors (Lipinski definition) is 2. The monoisotopic (exact) mass is 498 g/mol. The summed E-state index contributed by atoms with van der Waals surface area (Å²) in [6.07, 6.45) is 36.9. The maximum absolute atomic E-state index is 12.2. The maximum Gasteiger partial charge on any atom is 0.108 e. The summed E-state index contributed by atoms with van der Waals surface area (Å²) in [6, 6.07) is 0. The van der Waals surface area contributed by atoms with E-state index >= 15 is 0 Å². The number of hydroxylamine groups is 4. The van der Waals surface area contributed by atoms with E-state index in [4.69, 9.17) is 0 Å². The van der Waals surface area contributed by atoms with E-state index in [1.54, 1.807) is 0 Å². The summed E-state index contributed by atoms with van der Waals surface area (Å²) in [5.74, 6) is 0. The van der Waals surface area contributed by atoms with Crippen molar-refractivity contribution in [3.8, 4) is 0 Å². The summed E-state index contributed by atoms with van der Waals surface area (Å²) in [5.41, 5.74) is 0. The first kappa shape index (κ1) is 34.9. The van der Waals surface area contributed by atoms with Crippen molar-refractivity contribution in [3.05, 3.63) is 5.21 Å². The summed E-state index contributed by atoms with van der Waals surface area (Å²) in [4.78, 5) is -1.00. The third-order valence-corrected chi connectivity index (χ3v) is 7.72. The van der Waals surface area contributed by atoms with Crippen molar-refractivity contribution in [2.24, 2.45) is 0 Å². The lowest BCUT2D eigenvalue weighted by atomic mass is 10.0. The van der Waals surface area contributed by atoms with Crippen molar-refractivity contribution in [3.63, 3.8) is 0 Å². The third kappa shape index (κ3) is 30.0. The molecule has 0 rings (SSSR count). The van der Waals surface area contributed by atoms with Crippen molar-refractivity contribution in [2.75, 3.05) is 13.1 Å². The van der Waals surface area contributed by atoms with Crippen LogP contribution in [0, 0.1) is 5.21 Å². The quantitative estimate of drug-likeness (QED) is 0.0609. The van der Waals surface area contributed by atoms with Crippen LogP contribution in [0.2, 0.25) is 0 Å². The fraction of sp³-hybridized carbons (Fsp3) is 1.00. The molecule has 0 saturated heterocycles. The lowest BCUT2D eigenvalue weighted by Gasteiger charge is -2.33. The molecule has 0 bridgehead atoms. The Kier molecular flexibility index (Phi) is 28.4. The second-order valence-corrected chi connectivity index (χ2v) is 11.5. The summed E-state index contributed by atoms with van der Waals surface area (Å²) in [6.45, 7) is 5.33. The number of rotatable bonds is 30. The minimum atomic E-state index is -1.00. The lowest BCUT2D eigenvalue weighted by molar-refractivity contribution is -1.06. The molecule has 35 heavy (non-hydrogen) atoms. The average molecular weight is 498 g/mol. The van der Waals surface area contributed by atoms with Crippen molar-refractivity contribution in [1.82, 2.24) is 0 Å². The molecule has 0 unspecified atom stereocenters. The Hall–Kier alpha value is -0.120. The Balaban J connectivity index is 3.28. The third-order valence-electron chi connectivity index (χ3n) is 7.72. The average Bonchev–Trinajstić information content (AvgIpc) is 2.84. The molecule has 0 radical (unpaired) electrons. The summed E-state index contributed by atoms with van der Waals surface area (Å²) in [7, 11) is 0. The van der Waals surface area contributed by atoms with Gasteiger partial charge in [-0.3, -0.25) is 0 Å². The van der Waals surface area contributed by atoms with E-state index in [9.17, 15) is 10.4 Å². The molecule has 0 heterocycles. The number of unbranched alkanes of at least 4 members (excludes halogenated alkanes) is 26. The molecule has 0 aromatic heterocycles. The van der Waals surface area contributed by atoms with Gasteiger partial charge in [-0.2, -0.15) is 0 Å². The molecule has 0 atom stereocenters. The van der Waals surface area contributed by atoms with Crippen LogP contribution in [0.5, 0.6) is 0 Å². The zero-order chi connectivity index (χ0) is 25.7. The van der Waals surface area contributed by atoms with Gasteiger partial charge in [0.2, 0.25) is 0 Å². The first-order chi connectivity index (χ1) is 17.1. The summed E-state index contributed by atoms with van der Waals surface area (Å²) >= 11 is 0. The molecule has 3 nitrogen and oxygen atoms in total. The van der Waals surface area contributed by atoms with Gasteiger partial charge >= 0.3 is 0 Å². The van der Waals surface area contributed by atoms with E-state index in [-0.39, 0.29) is 0 Å². The van der Waals surface area contributed by atoms with Crippen LogP contribution < -0.4 is 0 Å². The molecule has 0 fully saturated rings. The highest BCUT2D eigenvalue weighted by molar-refractivity contribution is 4.51. The molecule has 0 saturated carbocycles. The highest BCUT2D eigenvalue weighted by atomic mass is 16.8. The highest BCUT2D eigenvalue weighted by Gasteiger charge is 2.12. The molecule has 0 aromatic rings. The van der Waals surface area contributed by atoms with Crippen molar-refractivity contribution >= 4 is 0 Å². The molecule has 0 aliphatic rings. The normalized spacial score (nSPS) is 12.0. The van der Waals surface area contributed by atoms with Crippen LogP contribution >= 0.6 is 0 Å². The Morgan fingerprint density at radius 1 is 0.343 bits per heavy atom. The van der Waals surface area contributed by atoms with Crippen molar-refractivity contribution < 1.29 is 10.0 Å². The van der Waals surface area contributed by atoms with E-state index in [0.717, 1.165) is 25.7 Å². The molecule has 0 spiro atoms. The fourth-order valence-electron chi connectivity index (χ4n) is 5.22. The summed E-state index contributed by atoms with van der Waals surface area (Å²) < 4.78 is 0. The van der Waals surface area contributed by atoms with Crippen LogP contribution in [0.4, 0.5) is 0 Å². The van der Waals surface area contributed by atoms with Gasteiger partial charge in [-0.25, -0.2) is 10.0 Å². The Labute approximate surface area is 222 Å². The molecule has 0 amide bonds. The van der Waals surface area contributed by atoms with Gasteiger partial charge in [0, 0.05) is 0 Å². The number of nitrogens with zero attached hydrogens (tertiary/aromatic N) is 1. The van der Waals surface area contributed by atoms with E-state index in [2.05, 4.69) is 13.8 Å². The van der Waals surface area contributed by atoms with Crippen molar-refractivity contribution in [2.45, 2.75) is 194 Å². The number of quaternary nitrogens is 1. The predicted octanol–water partition coefficient (Wildman–Crippen LogP) is 11.7. The van der Waals surface area contributed by atoms with Crippen molar-refractivity contribution in [1.29, 1.82) is 0 Å². The smallest absolute Gasteiger partial charge is 0.108 e. The molecule has 0 aliphatic heterocycles. The number of hydrogen-bond donors (Lipinski definition) is 1. The molecule has 1 N–H and O–H groups in total. The largest absolute Gasteiger partial charge is 0.598 e. The SMILES string of the molecule is CCCCCCCCCCCCCCCC[N+]([O-])(O)CCCCCCCCCCCCCCCC. The standard InChI is InChI=1S/C32H67NO2/c1-3-5-7-9-11-13-15-17-19-21-23-25-27-29-31-33(34,35)32-30-28-26-24-22-20-18-16-14-12-10-8-6-4-2/h34H,3-32H2,1-2H3. The van der Waals surface area contributed by atoms with Gasteiger partial charge in [0.05, 0.1) is 0 Å². The van der Waals surface area contributed by atoms with E-state index in [1.165, 1.54) is 154 Å². The second-order valence-electron chi connectivity index (χ2n) is 11.5. The van der Waals surface area contributed by atoms with Gasteiger partial charge in [0.25, 0.3) is 0 Å². The first-order valence-electron chi connectivity index (χ1n) is 16.4. The van der Waals surface area contributed by atoms with E-state index < -0.39 is 4.81 Å². The van der Waals surface area contributed by atoms with Crippen LogP contribution in [0.1, 0.15) is 194 Å². The van der Waals surface area contributed by atoms with Crippen LogP contribution in [-0.2, 0) is 0 Å². The minimum absolute atomic E-state index is 0.385. The van der Waals surface area contributed by atoms with Crippen LogP contribution in [-0.4, -0.2) is 23.1 Å². The Bertz CT molecular complexity index is 352. The lowest BCUT2D eigenvalue weighted by Crippen LogP contribution is -2.40. The topological polar surface area (TPSA) is 43.3 Å². The zero-order valence-electron chi connectivity index (χ0n) is 24.5. The fourth-order valence-corrected chi connectivity index (χ4v) is 5.22. The maximum atomic E-state index is 12.2. The molecule has 0 aromatic carbocycles. The van der Waals surface area contributed by atoms with Gasteiger partial charge in [-0.15, -0.1) is 0 Å². The highest BCUT2D eigenvalue weighted by Crippen LogP contribution is 2.16. The molecular weight excluding hydrogens is 430 g/mol. The van der Waals surface area contributed by atoms with Gasteiger partial charge in [0.15, 0.2) is 0 Å². The van der Waals surface area contributed by atoms with E-state index in [0.29, 0.717) is 13.1 Å². The minimum Gasteiger partial charge on any atom is -0.598 e. The van der Waals surface area contributed by atoms with Gasteiger partial charge in [0.1, 0.15) is 13.1 Å². The first-order valence-corrected chi connectivity index (χ1v) is 16.4. The summed E-state index contributed by atoms with van der Waals surface area (Å²) in [5, 5.41) is 22.3. The molecule has 3 heteroatoms. The van der Waals surface area contributed by atoms with Crippen LogP contribution in [0.3, 0.4) is 0 Å². The van der Waals surface area contributed by atoms with E-state index in [1.807, 2.05) is 0 Å². The zero-order valence-corrected chi connectivity index (χ0v) is 24.5. The molecular formula is C32H67NO2. The predicted molar refractivity (Wildman–Crippen MR) is 156 cm³/mol. The second kappa shape index (κ2) is 28.5.